The molecule has 1 aromatic rings. The minimum absolute atomic E-state index is 1.10. The van der Waals surface area contributed by atoms with Crippen LogP contribution in [0.25, 0.3) is 0 Å². The van der Waals surface area contributed by atoms with Crippen LogP contribution in [0, 0.1) is 0 Å². The predicted molar refractivity (Wildman–Crippen MR) is 50.5 cm³/mol. The number of rotatable bonds is 1. The number of thioether (sulfide) groups is 1. The number of aromatic nitrogens is 1. The fraction of sp³-hybridized carbons (Fsp3) is 0.625. The molecule has 0 aliphatic carbocycles. The lowest BCUT2D eigenvalue weighted by Crippen LogP contribution is -1.95. The number of hydrogen-bond acceptors (Lipinski definition) is 3. The van der Waals surface area contributed by atoms with Crippen molar-refractivity contribution in [1.29, 1.82) is 0 Å². The maximum atomic E-state index is 4.57. The van der Waals surface area contributed by atoms with Crippen LogP contribution >= 0.6 is 23.1 Å². The fourth-order valence-corrected chi connectivity index (χ4v) is 3.55. The predicted octanol–water partition coefficient (Wildman–Crippen LogP) is 2.74. The summed E-state index contributed by atoms with van der Waals surface area (Å²) in [6.07, 6.45) is 3.61. The van der Waals surface area contributed by atoms with Gasteiger partial charge in [0, 0.05) is 0 Å². The summed E-state index contributed by atoms with van der Waals surface area (Å²) in [7, 11) is 0. The quantitative estimate of drug-likeness (QED) is 0.667. The van der Waals surface area contributed by atoms with Gasteiger partial charge in [0.25, 0.3) is 0 Å². The summed E-state index contributed by atoms with van der Waals surface area (Å²) in [5.74, 6) is 1.29. The minimum Gasteiger partial charge on any atom is -0.245 e. The zero-order chi connectivity index (χ0) is 7.68. The second-order valence-electron chi connectivity index (χ2n) is 2.65. The van der Waals surface area contributed by atoms with Crippen molar-refractivity contribution in [2.24, 2.45) is 0 Å². The summed E-state index contributed by atoms with van der Waals surface area (Å²) >= 11 is 3.87. The van der Waals surface area contributed by atoms with Gasteiger partial charge in [-0.3, -0.25) is 0 Å². The van der Waals surface area contributed by atoms with Gasteiger partial charge >= 0.3 is 0 Å². The molecule has 60 valence electrons. The molecule has 0 saturated carbocycles. The van der Waals surface area contributed by atoms with Crippen LogP contribution in [0.2, 0.25) is 0 Å². The van der Waals surface area contributed by atoms with E-state index < -0.39 is 0 Å². The third kappa shape index (κ3) is 1.44. The van der Waals surface area contributed by atoms with Gasteiger partial charge in [0.1, 0.15) is 0 Å². The second-order valence-corrected chi connectivity index (χ2v) is 5.09. The van der Waals surface area contributed by atoms with Gasteiger partial charge in [-0.2, -0.15) is 0 Å². The molecule has 0 bridgehead atoms. The summed E-state index contributed by atoms with van der Waals surface area (Å²) < 4.78 is 1.48. The molecule has 1 nitrogen and oxygen atoms in total. The molecule has 0 N–H and O–H groups in total. The van der Waals surface area contributed by atoms with Crippen molar-refractivity contribution in [3.05, 3.63) is 10.7 Å². The van der Waals surface area contributed by atoms with Crippen LogP contribution < -0.4 is 0 Å². The molecule has 0 atom stereocenters. The smallest absolute Gasteiger partial charge is 0.0937 e. The lowest BCUT2D eigenvalue weighted by molar-refractivity contribution is 0.857. The Labute approximate surface area is 75.2 Å². The molecule has 11 heavy (non-hydrogen) atoms. The standard InChI is InChI=1S/C8H11NS2/c1-2-7-9-6-4-3-5-10-8(6)11-7/h2-5H2,1H3. The van der Waals surface area contributed by atoms with Crippen molar-refractivity contribution in [3.8, 4) is 0 Å². The third-order valence-corrected chi connectivity index (χ3v) is 4.43. The Balaban J connectivity index is 2.32. The van der Waals surface area contributed by atoms with Gasteiger partial charge in [0.05, 0.1) is 14.9 Å². The van der Waals surface area contributed by atoms with Crippen LogP contribution in [0.1, 0.15) is 24.0 Å². The summed E-state index contributed by atoms with van der Waals surface area (Å²) in [6, 6.07) is 0. The Kier molecular flexibility index (Phi) is 2.18. The van der Waals surface area contributed by atoms with E-state index in [0.717, 1.165) is 6.42 Å². The first-order valence-corrected chi connectivity index (χ1v) is 5.81. The third-order valence-electron chi connectivity index (χ3n) is 1.80. The number of thiazole rings is 1. The molecule has 2 heterocycles. The highest BCUT2D eigenvalue weighted by molar-refractivity contribution is 8.01. The molecule has 0 saturated heterocycles. The molecule has 3 heteroatoms. The van der Waals surface area contributed by atoms with Crippen molar-refractivity contribution in [2.75, 3.05) is 5.75 Å². The van der Waals surface area contributed by atoms with E-state index in [9.17, 15) is 0 Å². The van der Waals surface area contributed by atoms with E-state index >= 15 is 0 Å². The van der Waals surface area contributed by atoms with Crippen molar-refractivity contribution < 1.29 is 0 Å². The average Bonchev–Trinajstić information content (AvgIpc) is 2.46. The van der Waals surface area contributed by atoms with Gasteiger partial charge in [-0.15, -0.1) is 23.1 Å². The van der Waals surface area contributed by atoms with Gasteiger partial charge in [-0.1, -0.05) is 6.92 Å². The maximum Gasteiger partial charge on any atom is 0.0937 e. The van der Waals surface area contributed by atoms with Gasteiger partial charge in [0.15, 0.2) is 0 Å². The lowest BCUT2D eigenvalue weighted by atomic mass is 10.3. The van der Waals surface area contributed by atoms with E-state index in [4.69, 9.17) is 0 Å². The molecule has 1 aliphatic heterocycles. The van der Waals surface area contributed by atoms with Crippen molar-refractivity contribution in [2.45, 2.75) is 30.4 Å². The number of fused-ring (bicyclic) bond motifs is 1. The van der Waals surface area contributed by atoms with Crippen molar-refractivity contribution >= 4 is 23.1 Å². The number of nitrogens with zero attached hydrogens (tertiary/aromatic N) is 1. The zero-order valence-electron chi connectivity index (χ0n) is 6.59. The summed E-state index contributed by atoms with van der Waals surface area (Å²) in [6.45, 7) is 2.18. The monoisotopic (exact) mass is 185 g/mol. The molecule has 0 amide bonds. The first kappa shape index (κ1) is 7.62. The molecule has 0 aromatic carbocycles. The Morgan fingerprint density at radius 2 is 2.45 bits per heavy atom. The van der Waals surface area contributed by atoms with E-state index in [1.807, 2.05) is 23.1 Å². The van der Waals surface area contributed by atoms with Crippen LogP contribution in [0.4, 0.5) is 0 Å². The van der Waals surface area contributed by atoms with Gasteiger partial charge in [0.2, 0.25) is 0 Å². The Morgan fingerprint density at radius 1 is 1.55 bits per heavy atom. The second kappa shape index (κ2) is 3.15. The first-order valence-electron chi connectivity index (χ1n) is 4.01. The Morgan fingerprint density at radius 3 is 3.18 bits per heavy atom. The molecule has 0 fully saturated rings. The largest absolute Gasteiger partial charge is 0.245 e. The summed E-state index contributed by atoms with van der Waals surface area (Å²) in [5, 5.41) is 1.31. The molecule has 0 spiro atoms. The summed E-state index contributed by atoms with van der Waals surface area (Å²) in [5.41, 5.74) is 1.36. The van der Waals surface area contributed by atoms with E-state index in [2.05, 4.69) is 11.9 Å². The van der Waals surface area contributed by atoms with E-state index in [-0.39, 0.29) is 0 Å². The maximum absolute atomic E-state index is 4.57. The minimum atomic E-state index is 1.10. The van der Waals surface area contributed by atoms with E-state index in [0.29, 0.717) is 0 Å². The van der Waals surface area contributed by atoms with Crippen LogP contribution in [0.15, 0.2) is 4.21 Å². The SMILES string of the molecule is CCc1nc2c(s1)SCCC2. The first-order chi connectivity index (χ1) is 5.40. The fourth-order valence-electron chi connectivity index (χ4n) is 1.21. The molecule has 2 rings (SSSR count). The number of hydrogen-bond donors (Lipinski definition) is 0. The van der Waals surface area contributed by atoms with Crippen LogP contribution in [-0.2, 0) is 12.8 Å². The highest BCUT2D eigenvalue weighted by Crippen LogP contribution is 2.34. The van der Waals surface area contributed by atoms with E-state index in [1.165, 1.54) is 33.5 Å². The molecule has 0 unspecified atom stereocenters. The van der Waals surface area contributed by atoms with E-state index in [1.54, 1.807) is 0 Å². The van der Waals surface area contributed by atoms with Gasteiger partial charge in [-0.25, -0.2) is 4.98 Å². The molecule has 1 aliphatic rings. The molecular formula is C8H11NS2. The topological polar surface area (TPSA) is 12.9 Å². The Hall–Kier alpha value is -0.0200. The van der Waals surface area contributed by atoms with Crippen molar-refractivity contribution in [3.63, 3.8) is 0 Å². The zero-order valence-corrected chi connectivity index (χ0v) is 8.23. The summed E-state index contributed by atoms with van der Waals surface area (Å²) in [4.78, 5) is 4.57. The highest BCUT2D eigenvalue weighted by Gasteiger charge is 2.14. The molecule has 0 radical (unpaired) electrons. The van der Waals surface area contributed by atoms with Crippen LogP contribution in [-0.4, -0.2) is 10.7 Å². The van der Waals surface area contributed by atoms with Gasteiger partial charge in [-0.05, 0) is 25.0 Å². The highest BCUT2D eigenvalue weighted by atomic mass is 32.2. The van der Waals surface area contributed by atoms with Crippen LogP contribution in [0.3, 0.4) is 0 Å². The number of aryl methyl sites for hydroxylation is 2. The lowest BCUT2D eigenvalue weighted by Gasteiger charge is -2.06. The Bertz CT molecular complexity index is 231. The van der Waals surface area contributed by atoms with Gasteiger partial charge < -0.3 is 0 Å². The normalized spacial score (nSPS) is 16.5. The molecule has 1 aromatic heterocycles. The average molecular weight is 185 g/mol. The molecular weight excluding hydrogens is 174 g/mol. The van der Waals surface area contributed by atoms with Crippen LogP contribution in [0.5, 0.6) is 0 Å². The van der Waals surface area contributed by atoms with Crippen molar-refractivity contribution in [1.82, 2.24) is 4.98 Å².